The zero-order chi connectivity index (χ0) is 12.5. The number of ether oxygens (including phenoxy) is 1. The van der Waals surface area contributed by atoms with Crippen molar-refractivity contribution >= 4 is 16.0 Å². The summed E-state index contributed by atoms with van der Waals surface area (Å²) in [6.07, 6.45) is 0. The van der Waals surface area contributed by atoms with Gasteiger partial charge < -0.3 is 9.84 Å². The molecule has 0 aliphatic carbocycles. The van der Waals surface area contributed by atoms with E-state index < -0.39 is 16.0 Å². The van der Waals surface area contributed by atoms with Gasteiger partial charge in [0, 0.05) is 0 Å². The third-order valence-electron chi connectivity index (χ3n) is 2.03. The number of rotatable bonds is 3. The summed E-state index contributed by atoms with van der Waals surface area (Å²) in [7, 11) is -2.63. The molecule has 6 nitrogen and oxygen atoms in total. The Morgan fingerprint density at radius 3 is 2.38 bits per heavy atom. The summed E-state index contributed by atoms with van der Waals surface area (Å²) in [5.74, 6) is -1.18. The monoisotopic (exact) mass is 245 g/mol. The zero-order valence-electron chi connectivity index (χ0n) is 8.72. The van der Waals surface area contributed by atoms with Crippen LogP contribution in [0.25, 0.3) is 0 Å². The average Bonchev–Trinajstić information content (AvgIpc) is 2.14. The van der Waals surface area contributed by atoms with Crippen LogP contribution in [-0.2, 0) is 10.0 Å². The Bertz CT molecular complexity index is 535. The summed E-state index contributed by atoms with van der Waals surface area (Å²) in [6, 6.07) is 2.31. The largest absolute Gasteiger partial charge is 0.496 e. The molecule has 0 unspecified atom stereocenters. The summed E-state index contributed by atoms with van der Waals surface area (Å²) >= 11 is 0. The number of carbonyl (C=O) groups is 1. The van der Waals surface area contributed by atoms with Crippen molar-refractivity contribution in [2.24, 2.45) is 5.14 Å². The molecule has 0 heterocycles. The van der Waals surface area contributed by atoms with Crippen LogP contribution in [0, 0.1) is 6.92 Å². The van der Waals surface area contributed by atoms with Gasteiger partial charge in [-0.3, -0.25) is 0 Å². The smallest absolute Gasteiger partial charge is 0.339 e. The van der Waals surface area contributed by atoms with Crippen molar-refractivity contribution in [3.8, 4) is 5.75 Å². The van der Waals surface area contributed by atoms with E-state index in [4.69, 9.17) is 15.0 Å². The lowest BCUT2D eigenvalue weighted by molar-refractivity contribution is 0.0693. The molecule has 0 aromatic heterocycles. The summed E-state index contributed by atoms with van der Waals surface area (Å²) in [5, 5.41) is 13.8. The molecule has 0 atom stereocenters. The number of carboxylic acids is 1. The third kappa shape index (κ3) is 2.31. The SMILES string of the molecule is COc1cc(C)c(S(N)(=O)=O)cc1C(=O)O. The zero-order valence-corrected chi connectivity index (χ0v) is 9.54. The number of aromatic carboxylic acids is 1. The van der Waals surface area contributed by atoms with Crippen molar-refractivity contribution in [1.82, 2.24) is 0 Å². The summed E-state index contributed by atoms with van der Waals surface area (Å²) in [5.41, 5.74) is 0.0986. The number of primary sulfonamides is 1. The molecule has 0 bridgehead atoms. The van der Waals surface area contributed by atoms with E-state index in [1.54, 1.807) is 0 Å². The predicted octanol–water partition coefficient (Wildman–Crippen LogP) is 0.349. The molecule has 0 aliphatic rings. The highest BCUT2D eigenvalue weighted by Gasteiger charge is 2.19. The topological polar surface area (TPSA) is 107 Å². The van der Waals surface area contributed by atoms with Crippen molar-refractivity contribution in [2.45, 2.75) is 11.8 Å². The van der Waals surface area contributed by atoms with Crippen molar-refractivity contribution in [3.63, 3.8) is 0 Å². The minimum Gasteiger partial charge on any atom is -0.496 e. The maximum atomic E-state index is 11.2. The Hall–Kier alpha value is -1.60. The van der Waals surface area contributed by atoms with Gasteiger partial charge in [-0.15, -0.1) is 0 Å². The lowest BCUT2D eigenvalue weighted by Gasteiger charge is -2.09. The Morgan fingerprint density at radius 1 is 1.44 bits per heavy atom. The van der Waals surface area contributed by atoms with E-state index in [0.717, 1.165) is 6.07 Å². The highest BCUT2D eigenvalue weighted by atomic mass is 32.2. The number of methoxy groups -OCH3 is 1. The quantitative estimate of drug-likeness (QED) is 0.799. The average molecular weight is 245 g/mol. The maximum Gasteiger partial charge on any atom is 0.339 e. The highest BCUT2D eigenvalue weighted by Crippen LogP contribution is 2.25. The van der Waals surface area contributed by atoms with Gasteiger partial charge >= 0.3 is 5.97 Å². The van der Waals surface area contributed by atoms with Crippen molar-refractivity contribution in [2.75, 3.05) is 7.11 Å². The first-order valence-electron chi connectivity index (χ1n) is 4.22. The first-order chi connectivity index (χ1) is 7.27. The minimum absolute atomic E-state index is 0.0948. The van der Waals surface area contributed by atoms with Crippen LogP contribution >= 0.6 is 0 Å². The number of hydrogen-bond donors (Lipinski definition) is 2. The molecule has 0 spiro atoms. The Balaban J connectivity index is 3.58. The van der Waals surface area contributed by atoms with E-state index in [9.17, 15) is 13.2 Å². The van der Waals surface area contributed by atoms with Gasteiger partial charge in [0.15, 0.2) is 0 Å². The van der Waals surface area contributed by atoms with E-state index in [-0.39, 0.29) is 16.2 Å². The number of nitrogens with two attached hydrogens (primary N) is 1. The van der Waals surface area contributed by atoms with Crippen molar-refractivity contribution in [1.29, 1.82) is 0 Å². The lowest BCUT2D eigenvalue weighted by Crippen LogP contribution is -2.15. The maximum absolute atomic E-state index is 11.2. The summed E-state index contributed by atoms with van der Waals surface area (Å²) in [4.78, 5) is 10.6. The van der Waals surface area contributed by atoms with Crippen LogP contribution < -0.4 is 9.88 Å². The second-order valence-electron chi connectivity index (χ2n) is 3.17. The van der Waals surface area contributed by atoms with Gasteiger partial charge in [-0.05, 0) is 24.6 Å². The van der Waals surface area contributed by atoms with Crippen LogP contribution in [0.15, 0.2) is 17.0 Å². The fourth-order valence-corrected chi connectivity index (χ4v) is 2.09. The molecule has 0 aliphatic heterocycles. The second-order valence-corrected chi connectivity index (χ2v) is 4.70. The first kappa shape index (κ1) is 12.5. The van der Waals surface area contributed by atoms with Gasteiger partial charge in [0.25, 0.3) is 0 Å². The van der Waals surface area contributed by atoms with Gasteiger partial charge in [-0.25, -0.2) is 18.4 Å². The molecule has 0 radical (unpaired) electrons. The van der Waals surface area contributed by atoms with E-state index in [1.165, 1.54) is 20.1 Å². The lowest BCUT2D eigenvalue weighted by atomic mass is 10.1. The van der Waals surface area contributed by atoms with Crippen LogP contribution in [0.1, 0.15) is 15.9 Å². The van der Waals surface area contributed by atoms with Crippen LogP contribution in [0.3, 0.4) is 0 Å². The normalized spacial score (nSPS) is 11.2. The number of hydrogen-bond acceptors (Lipinski definition) is 4. The number of aryl methyl sites for hydroxylation is 1. The minimum atomic E-state index is -3.93. The molecule has 3 N–H and O–H groups in total. The molecule has 1 aromatic rings. The second kappa shape index (κ2) is 4.11. The fraction of sp³-hybridized carbons (Fsp3) is 0.222. The Kier molecular flexibility index (Phi) is 3.20. The van der Waals surface area contributed by atoms with Crippen LogP contribution in [0.5, 0.6) is 5.75 Å². The first-order valence-corrected chi connectivity index (χ1v) is 5.76. The van der Waals surface area contributed by atoms with E-state index in [1.807, 2.05) is 0 Å². The van der Waals surface area contributed by atoms with Crippen molar-refractivity contribution < 1.29 is 23.1 Å². The summed E-state index contributed by atoms with van der Waals surface area (Å²) in [6.45, 7) is 1.51. The number of carboxylic acid groups (broad SMARTS) is 1. The van der Waals surface area contributed by atoms with Gasteiger partial charge in [-0.1, -0.05) is 0 Å². The van der Waals surface area contributed by atoms with Gasteiger partial charge in [0.05, 0.1) is 12.0 Å². The third-order valence-corrected chi connectivity index (χ3v) is 3.09. The molecule has 1 rings (SSSR count). The molecule has 0 fully saturated rings. The van der Waals surface area contributed by atoms with Crippen molar-refractivity contribution in [3.05, 3.63) is 23.3 Å². The molecule has 16 heavy (non-hydrogen) atoms. The van der Waals surface area contributed by atoms with Crippen LogP contribution in [0.4, 0.5) is 0 Å². The van der Waals surface area contributed by atoms with Crippen LogP contribution in [-0.4, -0.2) is 26.6 Å². The van der Waals surface area contributed by atoms with Gasteiger partial charge in [-0.2, -0.15) is 0 Å². The molecule has 0 saturated carbocycles. The van der Waals surface area contributed by atoms with E-state index in [0.29, 0.717) is 5.56 Å². The molecular weight excluding hydrogens is 234 g/mol. The molecule has 88 valence electrons. The number of sulfonamides is 1. The van der Waals surface area contributed by atoms with Gasteiger partial charge in [0.2, 0.25) is 10.0 Å². The molecule has 0 saturated heterocycles. The predicted molar refractivity (Wildman–Crippen MR) is 56.1 cm³/mol. The molecule has 1 aromatic carbocycles. The Labute approximate surface area is 92.7 Å². The fourth-order valence-electron chi connectivity index (χ4n) is 1.30. The molecular formula is C9H11NO5S. The molecule has 0 amide bonds. The Morgan fingerprint density at radius 2 is 2.00 bits per heavy atom. The molecule has 7 heteroatoms. The summed E-state index contributed by atoms with van der Waals surface area (Å²) < 4.78 is 27.2. The number of benzene rings is 1. The van der Waals surface area contributed by atoms with Gasteiger partial charge in [0.1, 0.15) is 11.3 Å². The van der Waals surface area contributed by atoms with Crippen LogP contribution in [0.2, 0.25) is 0 Å². The van der Waals surface area contributed by atoms with E-state index in [2.05, 4.69) is 0 Å². The standard InChI is InChI=1S/C9H11NO5S/c1-5-3-7(15-2)6(9(11)12)4-8(5)16(10,13)14/h3-4H,1-2H3,(H,11,12)(H2,10,13,14). The van der Waals surface area contributed by atoms with E-state index >= 15 is 0 Å². The highest BCUT2D eigenvalue weighted by molar-refractivity contribution is 7.89.